The van der Waals surface area contributed by atoms with E-state index in [0.717, 1.165) is 13.1 Å². The van der Waals surface area contributed by atoms with Gasteiger partial charge in [-0.1, -0.05) is 34.6 Å². The van der Waals surface area contributed by atoms with E-state index >= 15 is 0 Å². The number of rotatable bonds is 0. The Hall–Kier alpha value is -0.530. The summed E-state index contributed by atoms with van der Waals surface area (Å²) in [6, 6.07) is 0. The lowest BCUT2D eigenvalue weighted by Gasteiger charge is -2.40. The molecule has 0 atom stereocenters. The summed E-state index contributed by atoms with van der Waals surface area (Å²) in [5.74, 6) is 1.24. The predicted octanol–water partition coefficient (Wildman–Crippen LogP) is 2.40. The summed E-state index contributed by atoms with van der Waals surface area (Å²) in [6.07, 6.45) is 0. The van der Waals surface area contributed by atoms with E-state index in [1.165, 1.54) is 5.84 Å². The molecule has 1 heterocycles. The first kappa shape index (κ1) is 10.6. The van der Waals surface area contributed by atoms with Crippen LogP contribution in [0.3, 0.4) is 0 Å². The van der Waals surface area contributed by atoms with Crippen LogP contribution in [-0.2, 0) is 0 Å². The number of hydrogen-bond acceptors (Lipinski definition) is 2. The molecule has 1 aliphatic rings. The molecule has 0 saturated heterocycles. The SMILES string of the molecule is CN1CC(C)(C)CN=C1C(C)(C)C. The first-order chi connectivity index (χ1) is 5.72. The number of amidine groups is 1. The fourth-order valence-corrected chi connectivity index (χ4v) is 1.99. The maximum Gasteiger partial charge on any atom is 0.104 e. The first-order valence-corrected chi connectivity index (χ1v) is 4.98. The minimum absolute atomic E-state index is 0.186. The number of aliphatic imine (C=N–C) groups is 1. The predicted molar refractivity (Wildman–Crippen MR) is 58.2 cm³/mol. The molecule has 0 amide bonds. The molecule has 0 spiro atoms. The van der Waals surface area contributed by atoms with Crippen molar-refractivity contribution in [2.75, 3.05) is 20.1 Å². The van der Waals surface area contributed by atoms with Crippen molar-refractivity contribution in [3.05, 3.63) is 0 Å². The van der Waals surface area contributed by atoms with Crippen LogP contribution in [0.2, 0.25) is 0 Å². The van der Waals surface area contributed by atoms with E-state index in [-0.39, 0.29) is 5.41 Å². The maximum absolute atomic E-state index is 4.68. The van der Waals surface area contributed by atoms with Crippen molar-refractivity contribution in [1.82, 2.24) is 4.90 Å². The van der Waals surface area contributed by atoms with Gasteiger partial charge in [0, 0.05) is 31.0 Å². The molecule has 1 aliphatic heterocycles. The van der Waals surface area contributed by atoms with Gasteiger partial charge >= 0.3 is 0 Å². The van der Waals surface area contributed by atoms with Gasteiger partial charge in [-0.3, -0.25) is 4.99 Å². The Morgan fingerprint density at radius 3 is 2.23 bits per heavy atom. The third-order valence-electron chi connectivity index (χ3n) is 2.35. The molecule has 0 aromatic rings. The van der Waals surface area contributed by atoms with Crippen LogP contribution >= 0.6 is 0 Å². The van der Waals surface area contributed by atoms with Gasteiger partial charge in [0.1, 0.15) is 5.84 Å². The quantitative estimate of drug-likeness (QED) is 0.561. The molecule has 76 valence electrons. The van der Waals surface area contributed by atoms with E-state index in [1.807, 2.05) is 0 Å². The molecule has 2 heteroatoms. The fraction of sp³-hybridized carbons (Fsp3) is 0.909. The highest BCUT2D eigenvalue weighted by atomic mass is 15.2. The third kappa shape index (κ3) is 2.45. The number of hydrogen-bond donors (Lipinski definition) is 0. The average molecular weight is 182 g/mol. The van der Waals surface area contributed by atoms with Gasteiger partial charge < -0.3 is 4.90 Å². The summed E-state index contributed by atoms with van der Waals surface area (Å²) in [7, 11) is 2.14. The monoisotopic (exact) mass is 182 g/mol. The Labute approximate surface area is 82.0 Å². The minimum Gasteiger partial charge on any atom is -0.362 e. The van der Waals surface area contributed by atoms with E-state index in [2.05, 4.69) is 51.6 Å². The fourth-order valence-electron chi connectivity index (χ4n) is 1.99. The summed E-state index contributed by atoms with van der Waals surface area (Å²) in [6.45, 7) is 13.3. The van der Waals surface area contributed by atoms with Crippen LogP contribution in [0.1, 0.15) is 34.6 Å². The molecule has 0 fully saturated rings. The van der Waals surface area contributed by atoms with Gasteiger partial charge in [0.15, 0.2) is 0 Å². The second-order valence-corrected chi connectivity index (χ2v) is 5.91. The highest BCUT2D eigenvalue weighted by Gasteiger charge is 2.31. The lowest BCUT2D eigenvalue weighted by atomic mass is 9.87. The summed E-state index contributed by atoms with van der Waals surface area (Å²) in [5.41, 5.74) is 0.523. The lowest BCUT2D eigenvalue weighted by Crippen LogP contribution is -2.47. The Kier molecular flexibility index (Phi) is 2.44. The van der Waals surface area contributed by atoms with Crippen molar-refractivity contribution in [2.45, 2.75) is 34.6 Å². The zero-order valence-corrected chi connectivity index (χ0v) is 9.81. The molecule has 0 N–H and O–H groups in total. The highest BCUT2D eigenvalue weighted by Crippen LogP contribution is 2.27. The maximum atomic E-state index is 4.68. The van der Waals surface area contributed by atoms with Gasteiger partial charge in [0.05, 0.1) is 0 Å². The van der Waals surface area contributed by atoms with E-state index < -0.39 is 0 Å². The van der Waals surface area contributed by atoms with Crippen molar-refractivity contribution >= 4 is 5.84 Å². The van der Waals surface area contributed by atoms with Crippen LogP contribution in [0.4, 0.5) is 0 Å². The van der Waals surface area contributed by atoms with E-state index in [0.29, 0.717) is 5.41 Å². The molecule has 0 aromatic heterocycles. The van der Waals surface area contributed by atoms with Crippen LogP contribution in [0.5, 0.6) is 0 Å². The summed E-state index contributed by atoms with van der Waals surface area (Å²) in [5, 5.41) is 0. The third-order valence-corrected chi connectivity index (χ3v) is 2.35. The molecule has 0 aliphatic carbocycles. The minimum atomic E-state index is 0.186. The molecular formula is C11H22N2. The Morgan fingerprint density at radius 1 is 1.31 bits per heavy atom. The van der Waals surface area contributed by atoms with Gasteiger partial charge in [0.25, 0.3) is 0 Å². The second kappa shape index (κ2) is 3.00. The van der Waals surface area contributed by atoms with Crippen LogP contribution < -0.4 is 0 Å². The van der Waals surface area contributed by atoms with E-state index in [1.54, 1.807) is 0 Å². The van der Waals surface area contributed by atoms with Gasteiger partial charge in [-0.05, 0) is 0 Å². The number of nitrogens with zero attached hydrogens (tertiary/aromatic N) is 2. The molecule has 13 heavy (non-hydrogen) atoms. The molecule has 1 rings (SSSR count). The molecule has 0 bridgehead atoms. The van der Waals surface area contributed by atoms with E-state index in [9.17, 15) is 0 Å². The Balaban J connectivity index is 2.85. The standard InChI is InChI=1S/C11H22N2/c1-10(2,3)9-12-7-11(4,5)8-13(9)6/h7-8H2,1-6H3. The van der Waals surface area contributed by atoms with Gasteiger partial charge in [-0.15, -0.1) is 0 Å². The van der Waals surface area contributed by atoms with Crippen LogP contribution in [0.25, 0.3) is 0 Å². The smallest absolute Gasteiger partial charge is 0.104 e. The normalized spacial score (nSPS) is 22.9. The lowest BCUT2D eigenvalue weighted by molar-refractivity contribution is 0.248. The topological polar surface area (TPSA) is 15.6 Å². The molecule has 0 unspecified atom stereocenters. The molecule has 0 radical (unpaired) electrons. The van der Waals surface area contributed by atoms with Gasteiger partial charge in [-0.2, -0.15) is 0 Å². The van der Waals surface area contributed by atoms with Crippen molar-refractivity contribution in [2.24, 2.45) is 15.8 Å². The Bertz CT molecular complexity index is 221. The van der Waals surface area contributed by atoms with Crippen molar-refractivity contribution in [1.29, 1.82) is 0 Å². The average Bonchev–Trinajstić information content (AvgIpc) is 1.80. The van der Waals surface area contributed by atoms with Crippen LogP contribution in [0, 0.1) is 10.8 Å². The molecular weight excluding hydrogens is 160 g/mol. The van der Waals surface area contributed by atoms with Crippen LogP contribution in [-0.4, -0.2) is 30.9 Å². The Morgan fingerprint density at radius 2 is 1.85 bits per heavy atom. The second-order valence-electron chi connectivity index (χ2n) is 5.91. The molecule has 0 saturated carbocycles. The molecule has 2 nitrogen and oxygen atoms in total. The van der Waals surface area contributed by atoms with Crippen LogP contribution in [0.15, 0.2) is 4.99 Å². The largest absolute Gasteiger partial charge is 0.362 e. The zero-order chi connectivity index (χ0) is 10.3. The molecule has 0 aromatic carbocycles. The van der Waals surface area contributed by atoms with Crippen molar-refractivity contribution in [3.8, 4) is 0 Å². The van der Waals surface area contributed by atoms with Crippen molar-refractivity contribution < 1.29 is 0 Å². The highest BCUT2D eigenvalue weighted by molar-refractivity contribution is 5.87. The zero-order valence-electron chi connectivity index (χ0n) is 9.81. The summed E-state index contributed by atoms with van der Waals surface area (Å²) >= 11 is 0. The first-order valence-electron chi connectivity index (χ1n) is 4.98. The van der Waals surface area contributed by atoms with Gasteiger partial charge in [0.2, 0.25) is 0 Å². The van der Waals surface area contributed by atoms with Crippen molar-refractivity contribution in [3.63, 3.8) is 0 Å². The summed E-state index contributed by atoms with van der Waals surface area (Å²) < 4.78 is 0. The summed E-state index contributed by atoms with van der Waals surface area (Å²) in [4.78, 5) is 6.97. The van der Waals surface area contributed by atoms with E-state index in [4.69, 9.17) is 0 Å². The van der Waals surface area contributed by atoms with Gasteiger partial charge in [-0.25, -0.2) is 0 Å².